The number of nitrogens with one attached hydrogen (secondary N) is 2. The summed E-state index contributed by atoms with van der Waals surface area (Å²) in [5, 5.41) is 2.56. The Morgan fingerprint density at radius 3 is 2.90 bits per heavy atom. The Labute approximate surface area is 113 Å². The summed E-state index contributed by atoms with van der Waals surface area (Å²) in [7, 11) is 0. The molecule has 7 nitrogen and oxygen atoms in total. The Morgan fingerprint density at radius 2 is 2.10 bits per heavy atom. The number of fused-ring (bicyclic) bond motifs is 1. The van der Waals surface area contributed by atoms with Crippen LogP contribution in [0.15, 0.2) is 29.1 Å². The molecule has 20 heavy (non-hydrogen) atoms. The van der Waals surface area contributed by atoms with E-state index in [1.165, 1.54) is 0 Å². The quantitative estimate of drug-likeness (QED) is 0.853. The topological polar surface area (TPSA) is 93.3 Å². The molecule has 2 heterocycles. The summed E-state index contributed by atoms with van der Waals surface area (Å²) in [5.74, 6) is 0.953. The van der Waals surface area contributed by atoms with Gasteiger partial charge in [0.05, 0.1) is 0 Å². The first-order chi connectivity index (χ1) is 9.61. The predicted octanol–water partition coefficient (Wildman–Crippen LogP) is 1.06. The molecular weight excluding hydrogens is 262 g/mol. The van der Waals surface area contributed by atoms with Crippen molar-refractivity contribution in [1.82, 2.24) is 9.97 Å². The number of aromatic nitrogens is 2. The number of rotatable bonds is 2. The second kappa shape index (κ2) is 4.69. The van der Waals surface area contributed by atoms with Gasteiger partial charge in [0.15, 0.2) is 11.5 Å². The summed E-state index contributed by atoms with van der Waals surface area (Å²) in [5.41, 5.74) is 0.506. The number of benzene rings is 1. The lowest BCUT2D eigenvalue weighted by molar-refractivity contribution is 0.102. The SMILES string of the molecule is Cc1cc(NC(=O)c2ccc3c(c2)OCO3)nc(=O)[nH]1. The molecule has 0 unspecified atom stereocenters. The van der Waals surface area contributed by atoms with Crippen LogP contribution >= 0.6 is 0 Å². The van der Waals surface area contributed by atoms with E-state index in [-0.39, 0.29) is 18.5 Å². The molecule has 1 aliphatic heterocycles. The monoisotopic (exact) mass is 273 g/mol. The van der Waals surface area contributed by atoms with Gasteiger partial charge in [-0.3, -0.25) is 4.79 Å². The van der Waals surface area contributed by atoms with Gasteiger partial charge in [-0.2, -0.15) is 4.98 Å². The van der Waals surface area contributed by atoms with Crippen molar-refractivity contribution >= 4 is 11.7 Å². The molecule has 0 saturated carbocycles. The Morgan fingerprint density at radius 1 is 1.30 bits per heavy atom. The van der Waals surface area contributed by atoms with Crippen LogP contribution < -0.4 is 20.5 Å². The fourth-order valence-electron chi connectivity index (χ4n) is 1.87. The second-order valence-corrected chi connectivity index (χ2v) is 4.28. The minimum atomic E-state index is -0.508. The third kappa shape index (κ3) is 2.33. The van der Waals surface area contributed by atoms with Crippen molar-refractivity contribution in [3.05, 3.63) is 46.0 Å². The van der Waals surface area contributed by atoms with Gasteiger partial charge >= 0.3 is 5.69 Å². The number of nitrogens with zero attached hydrogens (tertiary/aromatic N) is 1. The summed E-state index contributed by atoms with van der Waals surface area (Å²) < 4.78 is 10.4. The van der Waals surface area contributed by atoms with Gasteiger partial charge in [0.25, 0.3) is 5.91 Å². The largest absolute Gasteiger partial charge is 0.454 e. The van der Waals surface area contributed by atoms with Gasteiger partial charge in [-0.05, 0) is 25.1 Å². The van der Waals surface area contributed by atoms with Gasteiger partial charge in [0.1, 0.15) is 5.82 Å². The zero-order valence-electron chi connectivity index (χ0n) is 10.6. The molecule has 0 fully saturated rings. The highest BCUT2D eigenvalue weighted by molar-refractivity contribution is 6.04. The first kappa shape index (κ1) is 12.2. The van der Waals surface area contributed by atoms with Crippen LogP contribution in [0.4, 0.5) is 5.82 Å². The van der Waals surface area contributed by atoms with E-state index in [2.05, 4.69) is 15.3 Å². The molecule has 2 aromatic rings. The molecule has 0 aliphatic carbocycles. The Hall–Kier alpha value is -2.83. The van der Waals surface area contributed by atoms with Crippen LogP contribution in [0.2, 0.25) is 0 Å². The van der Waals surface area contributed by atoms with Crippen molar-refractivity contribution in [1.29, 1.82) is 0 Å². The van der Waals surface area contributed by atoms with Crippen LogP contribution in [0, 0.1) is 6.92 Å². The molecule has 0 spiro atoms. The van der Waals surface area contributed by atoms with Crippen LogP contribution in [-0.2, 0) is 0 Å². The van der Waals surface area contributed by atoms with Crippen LogP contribution in [0.1, 0.15) is 16.1 Å². The lowest BCUT2D eigenvalue weighted by Gasteiger charge is -2.05. The molecule has 102 valence electrons. The van der Waals surface area contributed by atoms with E-state index < -0.39 is 5.69 Å². The number of amides is 1. The van der Waals surface area contributed by atoms with E-state index in [0.717, 1.165) is 0 Å². The summed E-state index contributed by atoms with van der Waals surface area (Å²) in [4.78, 5) is 29.5. The lowest BCUT2D eigenvalue weighted by atomic mass is 10.2. The van der Waals surface area contributed by atoms with Crippen molar-refractivity contribution in [2.75, 3.05) is 12.1 Å². The summed E-state index contributed by atoms with van der Waals surface area (Å²) in [6.45, 7) is 1.86. The number of aryl methyl sites for hydroxylation is 1. The highest BCUT2D eigenvalue weighted by Gasteiger charge is 2.16. The second-order valence-electron chi connectivity index (χ2n) is 4.28. The molecule has 1 aliphatic rings. The predicted molar refractivity (Wildman–Crippen MR) is 70.1 cm³/mol. The van der Waals surface area contributed by atoms with E-state index >= 15 is 0 Å². The number of hydrogen-bond acceptors (Lipinski definition) is 5. The van der Waals surface area contributed by atoms with Crippen LogP contribution in [-0.4, -0.2) is 22.7 Å². The summed E-state index contributed by atoms with van der Waals surface area (Å²) in [6, 6.07) is 6.43. The van der Waals surface area contributed by atoms with Crippen LogP contribution in [0.5, 0.6) is 11.5 Å². The van der Waals surface area contributed by atoms with Crippen LogP contribution in [0.25, 0.3) is 0 Å². The van der Waals surface area contributed by atoms with Crippen molar-refractivity contribution in [3.63, 3.8) is 0 Å². The standard InChI is InChI=1S/C13H11N3O4/c1-7-4-11(16-13(18)14-7)15-12(17)8-2-3-9-10(5-8)20-6-19-9/h2-5H,6H2,1H3,(H2,14,15,16,17,18). The molecule has 1 aromatic heterocycles. The van der Waals surface area contributed by atoms with Crippen molar-refractivity contribution in [3.8, 4) is 11.5 Å². The third-order valence-electron chi connectivity index (χ3n) is 2.76. The van der Waals surface area contributed by atoms with Gasteiger partial charge in [0, 0.05) is 17.3 Å². The lowest BCUT2D eigenvalue weighted by Crippen LogP contribution is -2.18. The number of hydrogen-bond donors (Lipinski definition) is 2. The molecule has 0 bridgehead atoms. The number of aromatic amines is 1. The van der Waals surface area contributed by atoms with Crippen LogP contribution in [0.3, 0.4) is 0 Å². The zero-order valence-corrected chi connectivity index (χ0v) is 10.6. The Balaban J connectivity index is 1.84. The molecular formula is C13H11N3O4. The number of carbonyl (C=O) groups excluding carboxylic acids is 1. The number of anilines is 1. The maximum atomic E-state index is 12.1. The van der Waals surface area contributed by atoms with E-state index in [4.69, 9.17) is 9.47 Å². The average Bonchev–Trinajstić information content (AvgIpc) is 2.84. The number of ether oxygens (including phenoxy) is 2. The number of H-pyrrole nitrogens is 1. The molecule has 1 amide bonds. The van der Waals surface area contributed by atoms with E-state index in [9.17, 15) is 9.59 Å². The average molecular weight is 273 g/mol. The highest BCUT2D eigenvalue weighted by Crippen LogP contribution is 2.32. The van der Waals surface area contributed by atoms with Crippen molar-refractivity contribution in [2.24, 2.45) is 0 Å². The number of carbonyl (C=O) groups is 1. The highest BCUT2D eigenvalue weighted by atomic mass is 16.7. The summed E-state index contributed by atoms with van der Waals surface area (Å²) >= 11 is 0. The molecule has 3 rings (SSSR count). The zero-order chi connectivity index (χ0) is 14.1. The molecule has 2 N–H and O–H groups in total. The molecule has 7 heteroatoms. The third-order valence-corrected chi connectivity index (χ3v) is 2.76. The molecule has 1 aromatic carbocycles. The fraction of sp³-hybridized carbons (Fsp3) is 0.154. The maximum absolute atomic E-state index is 12.1. The summed E-state index contributed by atoms with van der Waals surface area (Å²) in [6.07, 6.45) is 0. The van der Waals surface area contributed by atoms with Gasteiger partial charge in [-0.15, -0.1) is 0 Å². The van der Waals surface area contributed by atoms with Crippen molar-refractivity contribution in [2.45, 2.75) is 6.92 Å². The first-order valence-corrected chi connectivity index (χ1v) is 5.91. The minimum absolute atomic E-state index is 0.148. The first-order valence-electron chi connectivity index (χ1n) is 5.91. The van der Waals surface area contributed by atoms with Gasteiger partial charge in [-0.25, -0.2) is 4.79 Å². The van der Waals surface area contributed by atoms with Gasteiger partial charge < -0.3 is 19.8 Å². The molecule has 0 atom stereocenters. The van der Waals surface area contributed by atoms with Gasteiger partial charge in [0.2, 0.25) is 6.79 Å². The molecule has 0 radical (unpaired) electrons. The van der Waals surface area contributed by atoms with E-state index in [1.807, 2.05) is 0 Å². The maximum Gasteiger partial charge on any atom is 0.347 e. The van der Waals surface area contributed by atoms with E-state index in [1.54, 1.807) is 31.2 Å². The normalized spacial score (nSPS) is 12.2. The smallest absolute Gasteiger partial charge is 0.347 e. The minimum Gasteiger partial charge on any atom is -0.454 e. The Kier molecular flexibility index (Phi) is 2.86. The van der Waals surface area contributed by atoms with Gasteiger partial charge in [-0.1, -0.05) is 0 Å². The molecule has 0 saturated heterocycles. The fourth-order valence-corrected chi connectivity index (χ4v) is 1.87. The van der Waals surface area contributed by atoms with Crippen molar-refractivity contribution < 1.29 is 14.3 Å². The Bertz CT molecular complexity index is 739. The van der Waals surface area contributed by atoms with E-state index in [0.29, 0.717) is 22.8 Å².